The van der Waals surface area contributed by atoms with E-state index in [1.165, 1.54) is 17.7 Å². The summed E-state index contributed by atoms with van der Waals surface area (Å²) in [4.78, 5) is 28.0. The number of imide groups is 1. The van der Waals surface area contributed by atoms with Crippen LogP contribution in [0.1, 0.15) is 44.9 Å². The molecule has 5 nitrogen and oxygen atoms in total. The minimum Gasteiger partial charge on any atom is -0.379 e. The van der Waals surface area contributed by atoms with E-state index in [0.29, 0.717) is 12.5 Å². The predicted molar refractivity (Wildman–Crippen MR) is 74.2 cm³/mol. The fraction of sp³-hybridized carbons (Fsp3) is 0.867. The summed E-state index contributed by atoms with van der Waals surface area (Å²) in [6.07, 6.45) is 7.67. The smallest absolute Gasteiger partial charge is 0.327 e. The van der Waals surface area contributed by atoms with Crippen LogP contribution in [0.3, 0.4) is 0 Å². The van der Waals surface area contributed by atoms with Crippen LogP contribution in [0.5, 0.6) is 0 Å². The van der Waals surface area contributed by atoms with Gasteiger partial charge in [-0.2, -0.15) is 0 Å². The van der Waals surface area contributed by atoms with Gasteiger partial charge < -0.3 is 9.64 Å². The van der Waals surface area contributed by atoms with Crippen molar-refractivity contribution >= 4 is 11.9 Å². The Morgan fingerprint density at radius 2 is 1.85 bits per heavy atom. The molecule has 2 aliphatic heterocycles. The van der Waals surface area contributed by atoms with E-state index in [9.17, 15) is 9.59 Å². The highest BCUT2D eigenvalue weighted by atomic mass is 16.5. The van der Waals surface area contributed by atoms with E-state index in [4.69, 9.17) is 4.74 Å². The fourth-order valence-electron chi connectivity index (χ4n) is 3.94. The maximum Gasteiger partial charge on any atom is 0.327 e. The summed E-state index contributed by atoms with van der Waals surface area (Å²) in [5.41, 5.74) is 0. The van der Waals surface area contributed by atoms with Crippen LogP contribution in [0.25, 0.3) is 0 Å². The molecule has 3 fully saturated rings. The van der Waals surface area contributed by atoms with Crippen molar-refractivity contribution in [1.82, 2.24) is 9.80 Å². The number of urea groups is 1. The van der Waals surface area contributed by atoms with E-state index in [0.717, 1.165) is 38.6 Å². The number of fused-ring (bicyclic) bond motifs is 1. The van der Waals surface area contributed by atoms with E-state index >= 15 is 0 Å². The highest BCUT2D eigenvalue weighted by Crippen LogP contribution is 2.32. The van der Waals surface area contributed by atoms with Gasteiger partial charge in [-0.05, 0) is 38.0 Å². The van der Waals surface area contributed by atoms with Crippen molar-refractivity contribution in [3.63, 3.8) is 0 Å². The molecular formula is C15H24N2O3. The molecule has 20 heavy (non-hydrogen) atoms. The zero-order chi connectivity index (χ0) is 14.1. The Hall–Kier alpha value is -1.10. The Labute approximate surface area is 120 Å². The largest absolute Gasteiger partial charge is 0.379 e. The fourth-order valence-corrected chi connectivity index (χ4v) is 3.94. The second kappa shape index (κ2) is 5.72. The molecule has 3 amide bonds. The Balaban J connectivity index is 1.69. The number of rotatable bonds is 4. The maximum absolute atomic E-state index is 12.4. The number of hydrogen-bond acceptors (Lipinski definition) is 3. The second-order valence-corrected chi connectivity index (χ2v) is 6.26. The van der Waals surface area contributed by atoms with Crippen LogP contribution in [0.2, 0.25) is 0 Å². The Kier molecular flexibility index (Phi) is 3.96. The van der Waals surface area contributed by atoms with Gasteiger partial charge in [0.15, 0.2) is 0 Å². The van der Waals surface area contributed by atoms with Gasteiger partial charge in [0.25, 0.3) is 5.91 Å². The molecule has 0 aromatic heterocycles. The van der Waals surface area contributed by atoms with Gasteiger partial charge in [-0.15, -0.1) is 0 Å². The number of ether oxygens (including phenoxy) is 1. The van der Waals surface area contributed by atoms with Crippen molar-refractivity contribution in [2.24, 2.45) is 5.92 Å². The molecule has 2 unspecified atom stereocenters. The molecule has 2 heterocycles. The number of hydrogen-bond donors (Lipinski definition) is 0. The van der Waals surface area contributed by atoms with Crippen molar-refractivity contribution in [3.8, 4) is 0 Å². The zero-order valence-corrected chi connectivity index (χ0v) is 12.2. The molecule has 3 rings (SSSR count). The molecule has 0 spiro atoms. The molecule has 0 N–H and O–H groups in total. The van der Waals surface area contributed by atoms with Gasteiger partial charge in [0, 0.05) is 13.7 Å². The molecule has 112 valence electrons. The third kappa shape index (κ3) is 2.32. The highest BCUT2D eigenvalue weighted by Gasteiger charge is 2.46. The van der Waals surface area contributed by atoms with Crippen LogP contribution in [0, 0.1) is 5.92 Å². The average Bonchev–Trinajstić information content (AvgIpc) is 3.08. The Morgan fingerprint density at radius 3 is 2.50 bits per heavy atom. The summed E-state index contributed by atoms with van der Waals surface area (Å²) >= 11 is 0. The van der Waals surface area contributed by atoms with Gasteiger partial charge in [0.2, 0.25) is 0 Å². The van der Waals surface area contributed by atoms with Crippen molar-refractivity contribution in [2.45, 2.75) is 57.1 Å². The third-order valence-corrected chi connectivity index (χ3v) is 5.12. The number of methoxy groups -OCH3 is 1. The summed E-state index contributed by atoms with van der Waals surface area (Å²) < 4.78 is 5.58. The molecule has 3 aliphatic rings. The zero-order valence-electron chi connectivity index (χ0n) is 12.2. The first kappa shape index (κ1) is 13.9. The van der Waals surface area contributed by atoms with Gasteiger partial charge in [0.1, 0.15) is 6.04 Å². The molecular weight excluding hydrogens is 256 g/mol. The molecule has 0 bridgehead atoms. The van der Waals surface area contributed by atoms with E-state index < -0.39 is 0 Å². The van der Waals surface area contributed by atoms with E-state index in [2.05, 4.69) is 0 Å². The van der Waals surface area contributed by atoms with Crippen LogP contribution in [-0.2, 0) is 9.53 Å². The van der Waals surface area contributed by atoms with Crippen molar-refractivity contribution in [3.05, 3.63) is 0 Å². The number of carbonyl (C=O) groups is 2. The van der Waals surface area contributed by atoms with Crippen LogP contribution in [0.4, 0.5) is 4.79 Å². The standard InChI is InChI=1S/C15H24N2O3/c1-20-13(11-6-2-3-7-11)10-17-14(18)12-8-4-5-9-16(12)15(17)19/h11-13H,2-10H2,1H3. The Morgan fingerprint density at radius 1 is 1.15 bits per heavy atom. The highest BCUT2D eigenvalue weighted by molar-refractivity contribution is 6.04. The lowest BCUT2D eigenvalue weighted by Gasteiger charge is -2.27. The Bertz CT molecular complexity index is 369. The normalized spacial score (nSPS) is 29.1. The topological polar surface area (TPSA) is 49.9 Å². The lowest BCUT2D eigenvalue weighted by Crippen LogP contribution is -2.41. The molecule has 5 heteroatoms. The maximum atomic E-state index is 12.4. The molecule has 1 aliphatic carbocycles. The van der Waals surface area contributed by atoms with Gasteiger partial charge in [-0.1, -0.05) is 12.8 Å². The number of piperidine rings is 1. The van der Waals surface area contributed by atoms with Crippen LogP contribution < -0.4 is 0 Å². The number of nitrogens with zero attached hydrogens (tertiary/aromatic N) is 2. The summed E-state index contributed by atoms with van der Waals surface area (Å²) in [7, 11) is 1.70. The number of carbonyl (C=O) groups excluding carboxylic acids is 2. The molecule has 1 saturated carbocycles. The monoisotopic (exact) mass is 280 g/mol. The average molecular weight is 280 g/mol. The predicted octanol–water partition coefficient (Wildman–Crippen LogP) is 2.01. The molecule has 0 aromatic carbocycles. The van der Waals surface area contributed by atoms with Crippen molar-refractivity contribution in [1.29, 1.82) is 0 Å². The quantitative estimate of drug-likeness (QED) is 0.740. The minimum atomic E-state index is -0.197. The second-order valence-electron chi connectivity index (χ2n) is 6.26. The van der Waals surface area contributed by atoms with Gasteiger partial charge >= 0.3 is 6.03 Å². The summed E-state index contributed by atoms with van der Waals surface area (Å²) in [6, 6.07) is -0.294. The summed E-state index contributed by atoms with van der Waals surface area (Å²) in [6.45, 7) is 1.17. The number of amides is 3. The first-order valence-electron chi connectivity index (χ1n) is 7.87. The van der Waals surface area contributed by atoms with E-state index in [-0.39, 0.29) is 24.1 Å². The van der Waals surface area contributed by atoms with Gasteiger partial charge in [0.05, 0.1) is 12.6 Å². The van der Waals surface area contributed by atoms with Gasteiger partial charge in [-0.25, -0.2) is 4.79 Å². The van der Waals surface area contributed by atoms with E-state index in [1.54, 1.807) is 12.0 Å². The minimum absolute atomic E-state index is 0.00486. The molecule has 0 aromatic rings. The van der Waals surface area contributed by atoms with E-state index in [1.807, 2.05) is 0 Å². The van der Waals surface area contributed by atoms with Crippen LogP contribution in [-0.4, -0.2) is 54.1 Å². The molecule has 2 saturated heterocycles. The first-order valence-corrected chi connectivity index (χ1v) is 7.87. The lowest BCUT2D eigenvalue weighted by atomic mass is 10.00. The summed E-state index contributed by atoms with van der Waals surface area (Å²) in [5, 5.41) is 0. The SMILES string of the molecule is COC(CN1C(=O)C2CCCCN2C1=O)C1CCCC1. The van der Waals surface area contributed by atoms with Crippen LogP contribution in [0.15, 0.2) is 0 Å². The van der Waals surface area contributed by atoms with Crippen molar-refractivity contribution < 1.29 is 14.3 Å². The summed E-state index contributed by atoms with van der Waals surface area (Å²) in [5.74, 6) is 0.493. The van der Waals surface area contributed by atoms with Crippen LogP contribution >= 0.6 is 0 Å². The van der Waals surface area contributed by atoms with Gasteiger partial charge in [-0.3, -0.25) is 9.69 Å². The molecule has 0 radical (unpaired) electrons. The molecule has 2 atom stereocenters. The third-order valence-electron chi connectivity index (χ3n) is 5.12. The first-order chi connectivity index (χ1) is 9.72. The lowest BCUT2D eigenvalue weighted by molar-refractivity contribution is -0.130. The van der Waals surface area contributed by atoms with Crippen molar-refractivity contribution in [2.75, 3.05) is 20.2 Å².